The summed E-state index contributed by atoms with van der Waals surface area (Å²) in [5.41, 5.74) is 2.44. The van der Waals surface area contributed by atoms with Crippen LogP contribution in [0.5, 0.6) is 0 Å². The highest BCUT2D eigenvalue weighted by molar-refractivity contribution is 6.31. The molecule has 0 radical (unpaired) electrons. The first-order valence-corrected chi connectivity index (χ1v) is 6.59. The molecule has 0 amide bonds. The highest BCUT2D eigenvalue weighted by Crippen LogP contribution is 2.18. The fourth-order valence-electron chi connectivity index (χ4n) is 1.61. The first-order valence-electron chi connectivity index (χ1n) is 6.21. The lowest BCUT2D eigenvalue weighted by atomic mass is 10.1. The van der Waals surface area contributed by atoms with Crippen LogP contribution in [0.2, 0.25) is 5.02 Å². The fourth-order valence-corrected chi connectivity index (χ4v) is 1.81. The summed E-state index contributed by atoms with van der Waals surface area (Å²) in [5, 5.41) is 7.76. The summed E-state index contributed by atoms with van der Waals surface area (Å²) in [6, 6.07) is 7.05. The van der Waals surface area contributed by atoms with Crippen molar-refractivity contribution < 1.29 is 0 Å². The van der Waals surface area contributed by atoms with Gasteiger partial charge in [0, 0.05) is 30.2 Å². The first kappa shape index (κ1) is 14.5. The molecule has 1 atom stereocenters. The van der Waals surface area contributed by atoms with E-state index in [-0.39, 0.29) is 0 Å². The average molecular weight is 255 g/mol. The minimum atomic E-state index is 0.454. The molecular weight excluding hydrogens is 232 g/mol. The van der Waals surface area contributed by atoms with Crippen molar-refractivity contribution in [1.29, 1.82) is 0 Å². The van der Waals surface area contributed by atoms with E-state index in [1.807, 2.05) is 12.1 Å². The van der Waals surface area contributed by atoms with Gasteiger partial charge in [-0.25, -0.2) is 0 Å². The third-order valence-electron chi connectivity index (χ3n) is 2.85. The second-order valence-corrected chi connectivity index (χ2v) is 5.28. The number of halogens is 1. The van der Waals surface area contributed by atoms with Gasteiger partial charge in [-0.1, -0.05) is 37.6 Å². The van der Waals surface area contributed by atoms with Gasteiger partial charge in [-0.3, -0.25) is 0 Å². The van der Waals surface area contributed by atoms with Crippen LogP contribution in [0, 0.1) is 6.92 Å². The smallest absolute Gasteiger partial charge is 0.0438 e. The van der Waals surface area contributed by atoms with Crippen molar-refractivity contribution in [1.82, 2.24) is 10.6 Å². The molecule has 2 nitrogen and oxygen atoms in total. The summed E-state index contributed by atoms with van der Waals surface area (Å²) in [4.78, 5) is 0. The van der Waals surface area contributed by atoms with Gasteiger partial charge in [0.1, 0.15) is 0 Å². The van der Waals surface area contributed by atoms with E-state index in [2.05, 4.69) is 44.4 Å². The molecule has 1 unspecified atom stereocenters. The maximum absolute atomic E-state index is 6.09. The minimum absolute atomic E-state index is 0.454. The second-order valence-electron chi connectivity index (χ2n) is 4.87. The number of hydrogen-bond donors (Lipinski definition) is 2. The number of hydrogen-bond acceptors (Lipinski definition) is 2. The second kappa shape index (κ2) is 7.00. The monoisotopic (exact) mass is 254 g/mol. The summed E-state index contributed by atoms with van der Waals surface area (Å²) in [6.07, 6.45) is 0. The lowest BCUT2D eigenvalue weighted by molar-refractivity contribution is 0.473. The Morgan fingerprint density at radius 2 is 1.88 bits per heavy atom. The van der Waals surface area contributed by atoms with E-state index >= 15 is 0 Å². The maximum atomic E-state index is 6.09. The lowest BCUT2D eigenvalue weighted by Gasteiger charge is -2.17. The molecule has 17 heavy (non-hydrogen) atoms. The molecule has 1 rings (SSSR count). The Morgan fingerprint density at radius 3 is 2.53 bits per heavy atom. The van der Waals surface area contributed by atoms with Crippen LogP contribution in [-0.4, -0.2) is 18.6 Å². The SMILES string of the molecule is Cc1c(Cl)cccc1CNC(C)CNC(C)C. The minimum Gasteiger partial charge on any atom is -0.313 e. The van der Waals surface area contributed by atoms with Crippen LogP contribution < -0.4 is 10.6 Å². The van der Waals surface area contributed by atoms with Crippen molar-refractivity contribution in [2.24, 2.45) is 0 Å². The summed E-state index contributed by atoms with van der Waals surface area (Å²) in [5.74, 6) is 0. The van der Waals surface area contributed by atoms with Gasteiger partial charge in [-0.05, 0) is 31.0 Å². The predicted molar refractivity (Wildman–Crippen MR) is 75.6 cm³/mol. The topological polar surface area (TPSA) is 24.1 Å². The van der Waals surface area contributed by atoms with Crippen molar-refractivity contribution in [2.75, 3.05) is 6.54 Å². The molecule has 0 bridgehead atoms. The van der Waals surface area contributed by atoms with Crippen LogP contribution in [0.4, 0.5) is 0 Å². The van der Waals surface area contributed by atoms with E-state index in [1.54, 1.807) is 0 Å². The normalized spacial score (nSPS) is 13.1. The standard InChI is InChI=1S/C14H23ClN2/c1-10(2)16-8-11(3)17-9-13-6-5-7-14(15)12(13)4/h5-7,10-11,16-17H,8-9H2,1-4H3. The predicted octanol–water partition coefficient (Wildman–Crippen LogP) is 3.12. The molecule has 1 aromatic carbocycles. The van der Waals surface area contributed by atoms with Gasteiger partial charge in [0.15, 0.2) is 0 Å². The Labute approximate surface area is 110 Å². The van der Waals surface area contributed by atoms with Crippen molar-refractivity contribution in [3.63, 3.8) is 0 Å². The molecule has 0 aliphatic carbocycles. The average Bonchev–Trinajstić information content (AvgIpc) is 2.28. The molecule has 1 aromatic rings. The molecule has 0 saturated heterocycles. The Kier molecular flexibility index (Phi) is 5.96. The van der Waals surface area contributed by atoms with Crippen LogP contribution in [-0.2, 0) is 6.54 Å². The zero-order chi connectivity index (χ0) is 12.8. The van der Waals surface area contributed by atoms with E-state index in [0.29, 0.717) is 12.1 Å². The molecule has 96 valence electrons. The third-order valence-corrected chi connectivity index (χ3v) is 3.26. The highest BCUT2D eigenvalue weighted by atomic mass is 35.5. The Bertz CT molecular complexity index is 350. The van der Waals surface area contributed by atoms with Gasteiger partial charge in [-0.15, -0.1) is 0 Å². The molecule has 0 heterocycles. The third kappa shape index (κ3) is 5.07. The summed E-state index contributed by atoms with van der Waals surface area (Å²) in [6.45, 7) is 10.4. The number of rotatable bonds is 6. The molecular formula is C14H23ClN2. The van der Waals surface area contributed by atoms with E-state index in [4.69, 9.17) is 11.6 Å². The van der Waals surface area contributed by atoms with Crippen molar-refractivity contribution >= 4 is 11.6 Å². The lowest BCUT2D eigenvalue weighted by Crippen LogP contribution is -2.38. The molecule has 0 aliphatic heterocycles. The van der Waals surface area contributed by atoms with Crippen molar-refractivity contribution in [3.8, 4) is 0 Å². The fraction of sp³-hybridized carbons (Fsp3) is 0.571. The molecule has 0 saturated carbocycles. The van der Waals surface area contributed by atoms with E-state index < -0.39 is 0 Å². The molecule has 0 spiro atoms. The zero-order valence-corrected chi connectivity index (χ0v) is 11.9. The van der Waals surface area contributed by atoms with Crippen LogP contribution in [0.1, 0.15) is 31.9 Å². The van der Waals surface area contributed by atoms with Crippen LogP contribution >= 0.6 is 11.6 Å². The van der Waals surface area contributed by atoms with Gasteiger partial charge in [0.25, 0.3) is 0 Å². The van der Waals surface area contributed by atoms with E-state index in [9.17, 15) is 0 Å². The largest absolute Gasteiger partial charge is 0.313 e. The summed E-state index contributed by atoms with van der Waals surface area (Å²) in [7, 11) is 0. The number of nitrogens with one attached hydrogen (secondary N) is 2. The zero-order valence-electron chi connectivity index (χ0n) is 11.2. The van der Waals surface area contributed by atoms with Gasteiger partial charge >= 0.3 is 0 Å². The molecule has 3 heteroatoms. The molecule has 0 aromatic heterocycles. The Morgan fingerprint density at radius 1 is 1.18 bits per heavy atom. The van der Waals surface area contributed by atoms with E-state index in [1.165, 1.54) is 11.1 Å². The first-order chi connectivity index (χ1) is 8.00. The Balaban J connectivity index is 2.42. The summed E-state index contributed by atoms with van der Waals surface area (Å²) < 4.78 is 0. The molecule has 2 N–H and O–H groups in total. The number of benzene rings is 1. The summed E-state index contributed by atoms with van der Waals surface area (Å²) >= 11 is 6.09. The Hall–Kier alpha value is -0.570. The maximum Gasteiger partial charge on any atom is 0.0438 e. The molecule has 0 aliphatic rings. The van der Waals surface area contributed by atoms with Crippen LogP contribution in [0.3, 0.4) is 0 Å². The van der Waals surface area contributed by atoms with Gasteiger partial charge < -0.3 is 10.6 Å². The highest BCUT2D eigenvalue weighted by Gasteiger charge is 2.05. The quantitative estimate of drug-likeness (QED) is 0.815. The van der Waals surface area contributed by atoms with Crippen molar-refractivity contribution in [3.05, 3.63) is 34.3 Å². The van der Waals surface area contributed by atoms with Crippen LogP contribution in [0.25, 0.3) is 0 Å². The van der Waals surface area contributed by atoms with Gasteiger partial charge in [-0.2, -0.15) is 0 Å². The van der Waals surface area contributed by atoms with Gasteiger partial charge in [0.05, 0.1) is 0 Å². The van der Waals surface area contributed by atoms with Gasteiger partial charge in [0.2, 0.25) is 0 Å². The van der Waals surface area contributed by atoms with Crippen LogP contribution in [0.15, 0.2) is 18.2 Å². The molecule has 0 fully saturated rings. The van der Waals surface area contributed by atoms with Crippen molar-refractivity contribution in [2.45, 2.75) is 46.3 Å². The van der Waals surface area contributed by atoms with E-state index in [0.717, 1.165) is 18.1 Å².